The summed E-state index contributed by atoms with van der Waals surface area (Å²) in [5.74, 6) is 0.117. The fourth-order valence-electron chi connectivity index (χ4n) is 2.51. The molecule has 0 aromatic heterocycles. The quantitative estimate of drug-likeness (QED) is 0.859. The van der Waals surface area contributed by atoms with Crippen molar-refractivity contribution in [2.75, 3.05) is 18.7 Å². The molecule has 6 nitrogen and oxygen atoms in total. The number of nitrogens with one attached hydrogen (secondary N) is 2. The Bertz CT molecular complexity index is 823. The van der Waals surface area contributed by atoms with Crippen molar-refractivity contribution in [2.24, 2.45) is 0 Å². The van der Waals surface area contributed by atoms with Crippen molar-refractivity contribution in [3.05, 3.63) is 52.5 Å². The lowest BCUT2D eigenvalue weighted by atomic mass is 10.1. The largest absolute Gasteiger partial charge is 0.454 e. The van der Waals surface area contributed by atoms with Crippen LogP contribution >= 0.6 is 11.6 Å². The first-order chi connectivity index (χ1) is 12.1. The van der Waals surface area contributed by atoms with Gasteiger partial charge in [0.2, 0.25) is 12.7 Å². The third-order valence-electron chi connectivity index (χ3n) is 3.77. The molecule has 0 bridgehead atoms. The van der Waals surface area contributed by atoms with E-state index in [9.17, 15) is 9.59 Å². The number of benzene rings is 2. The third-order valence-corrected chi connectivity index (χ3v) is 4.05. The lowest BCUT2D eigenvalue weighted by Crippen LogP contribution is -2.33. The molecule has 0 unspecified atom stereocenters. The molecular weight excluding hydrogens is 344 g/mol. The lowest BCUT2D eigenvalue weighted by Gasteiger charge is -2.10. The van der Waals surface area contributed by atoms with Crippen LogP contribution in [0, 0.1) is 0 Å². The monoisotopic (exact) mass is 360 g/mol. The summed E-state index contributed by atoms with van der Waals surface area (Å²) in [4.78, 5) is 24.3. The zero-order chi connectivity index (χ0) is 17.8. The van der Waals surface area contributed by atoms with Crippen molar-refractivity contribution in [1.29, 1.82) is 0 Å². The lowest BCUT2D eigenvalue weighted by molar-refractivity contribution is -0.115. The number of ether oxygens (including phenoxy) is 2. The molecule has 0 spiro atoms. The van der Waals surface area contributed by atoms with E-state index in [-0.39, 0.29) is 19.2 Å². The maximum Gasteiger partial charge on any atom is 0.251 e. The van der Waals surface area contributed by atoms with Crippen LogP contribution < -0.4 is 20.1 Å². The van der Waals surface area contributed by atoms with Crippen LogP contribution in [0.15, 0.2) is 36.4 Å². The van der Waals surface area contributed by atoms with Gasteiger partial charge in [-0.25, -0.2) is 0 Å². The smallest absolute Gasteiger partial charge is 0.251 e. The molecule has 130 valence electrons. The topological polar surface area (TPSA) is 76.7 Å². The highest BCUT2D eigenvalue weighted by Gasteiger charge is 2.21. The molecule has 1 aliphatic rings. The predicted molar refractivity (Wildman–Crippen MR) is 94.4 cm³/mol. The number of carbonyl (C=O) groups excluding carboxylic acids is 2. The molecule has 7 heteroatoms. The Morgan fingerprint density at radius 2 is 2.00 bits per heavy atom. The van der Waals surface area contributed by atoms with Gasteiger partial charge >= 0.3 is 0 Å². The van der Waals surface area contributed by atoms with Gasteiger partial charge in [-0.3, -0.25) is 9.59 Å². The van der Waals surface area contributed by atoms with E-state index in [1.54, 1.807) is 0 Å². The fraction of sp³-hybridized carbons (Fsp3) is 0.222. The number of para-hydroxylation sites is 1. The second kappa shape index (κ2) is 7.44. The molecule has 2 amide bonds. The van der Waals surface area contributed by atoms with E-state index in [1.807, 2.05) is 31.2 Å². The number of carbonyl (C=O) groups is 2. The van der Waals surface area contributed by atoms with Crippen molar-refractivity contribution < 1.29 is 19.1 Å². The van der Waals surface area contributed by atoms with Gasteiger partial charge in [0.1, 0.15) is 0 Å². The summed E-state index contributed by atoms with van der Waals surface area (Å²) in [5, 5.41) is 5.66. The average molecular weight is 361 g/mol. The highest BCUT2D eigenvalue weighted by atomic mass is 35.5. The molecule has 0 atom stereocenters. The van der Waals surface area contributed by atoms with Crippen molar-refractivity contribution >= 4 is 29.1 Å². The summed E-state index contributed by atoms with van der Waals surface area (Å²) in [6.07, 6.45) is 0.804. The molecule has 0 saturated carbocycles. The normalized spacial score (nSPS) is 11.9. The van der Waals surface area contributed by atoms with Crippen LogP contribution in [0.4, 0.5) is 5.69 Å². The number of hydrogen-bond donors (Lipinski definition) is 2. The summed E-state index contributed by atoms with van der Waals surface area (Å²) < 4.78 is 10.4. The van der Waals surface area contributed by atoms with Crippen molar-refractivity contribution in [2.45, 2.75) is 13.3 Å². The number of hydrogen-bond acceptors (Lipinski definition) is 4. The standard InChI is InChI=1S/C18H17ClN2O4/c1-2-11-5-3-4-6-14(11)21-16(22)9-20-18(23)12-7-13(19)17-15(8-12)24-10-25-17/h3-8H,2,9-10H2,1H3,(H,20,23)(H,21,22). The molecule has 0 saturated heterocycles. The van der Waals surface area contributed by atoms with Crippen LogP contribution in [0.3, 0.4) is 0 Å². The molecule has 0 radical (unpaired) electrons. The number of anilines is 1. The number of fused-ring (bicyclic) bond motifs is 1. The summed E-state index contributed by atoms with van der Waals surface area (Å²) in [5.41, 5.74) is 2.08. The summed E-state index contributed by atoms with van der Waals surface area (Å²) in [6.45, 7) is 1.93. The number of halogens is 1. The molecule has 2 N–H and O–H groups in total. The number of aryl methyl sites for hydroxylation is 1. The highest BCUT2D eigenvalue weighted by molar-refractivity contribution is 6.32. The molecule has 0 fully saturated rings. The van der Waals surface area contributed by atoms with E-state index in [0.29, 0.717) is 22.1 Å². The van der Waals surface area contributed by atoms with Crippen molar-refractivity contribution in [3.63, 3.8) is 0 Å². The summed E-state index contributed by atoms with van der Waals surface area (Å²) >= 11 is 6.06. The van der Waals surface area contributed by atoms with E-state index in [1.165, 1.54) is 12.1 Å². The van der Waals surface area contributed by atoms with Gasteiger partial charge in [-0.15, -0.1) is 0 Å². The molecule has 0 aliphatic carbocycles. The minimum absolute atomic E-state index is 0.0688. The van der Waals surface area contributed by atoms with E-state index in [0.717, 1.165) is 17.7 Å². The SMILES string of the molecule is CCc1ccccc1NC(=O)CNC(=O)c1cc(Cl)c2c(c1)OCO2. The van der Waals surface area contributed by atoms with Crippen LogP contribution in [0.1, 0.15) is 22.8 Å². The Kier molecular flexibility index (Phi) is 5.09. The van der Waals surface area contributed by atoms with E-state index in [4.69, 9.17) is 21.1 Å². The van der Waals surface area contributed by atoms with E-state index < -0.39 is 5.91 Å². The first-order valence-corrected chi connectivity index (χ1v) is 8.21. The van der Waals surface area contributed by atoms with Gasteiger partial charge in [0.25, 0.3) is 5.91 Å². The molecule has 1 heterocycles. The Morgan fingerprint density at radius 1 is 1.20 bits per heavy atom. The van der Waals surface area contributed by atoms with Gasteiger partial charge < -0.3 is 20.1 Å². The molecule has 3 rings (SSSR count). The zero-order valence-corrected chi connectivity index (χ0v) is 14.4. The minimum atomic E-state index is -0.417. The van der Waals surface area contributed by atoms with Gasteiger partial charge in [-0.1, -0.05) is 36.7 Å². The predicted octanol–water partition coefficient (Wildman–Crippen LogP) is 3.00. The highest BCUT2D eigenvalue weighted by Crippen LogP contribution is 2.39. The Labute approximate surface area is 150 Å². The second-order valence-corrected chi connectivity index (χ2v) is 5.84. The Hall–Kier alpha value is -2.73. The van der Waals surface area contributed by atoms with Gasteiger partial charge in [0, 0.05) is 11.3 Å². The molecule has 1 aliphatic heterocycles. The van der Waals surface area contributed by atoms with Gasteiger partial charge in [0.05, 0.1) is 11.6 Å². The first-order valence-electron chi connectivity index (χ1n) is 7.83. The zero-order valence-electron chi connectivity index (χ0n) is 13.6. The number of rotatable bonds is 5. The maximum atomic E-state index is 12.2. The van der Waals surface area contributed by atoms with Crippen LogP contribution in [0.5, 0.6) is 11.5 Å². The van der Waals surface area contributed by atoms with Gasteiger partial charge in [-0.05, 0) is 30.2 Å². The van der Waals surface area contributed by atoms with Crippen LogP contribution in [0.25, 0.3) is 0 Å². The first kappa shape index (κ1) is 17.1. The fourth-order valence-corrected chi connectivity index (χ4v) is 2.77. The number of amides is 2. The molecule has 2 aromatic rings. The molecule has 2 aromatic carbocycles. The average Bonchev–Trinajstić information content (AvgIpc) is 3.09. The van der Waals surface area contributed by atoms with E-state index in [2.05, 4.69) is 10.6 Å². The Balaban J connectivity index is 1.61. The van der Waals surface area contributed by atoms with Gasteiger partial charge in [0.15, 0.2) is 11.5 Å². The third kappa shape index (κ3) is 3.85. The maximum absolute atomic E-state index is 12.2. The molecular formula is C18H17ClN2O4. The molecule has 25 heavy (non-hydrogen) atoms. The van der Waals surface area contributed by atoms with Crippen molar-refractivity contribution in [1.82, 2.24) is 5.32 Å². The second-order valence-electron chi connectivity index (χ2n) is 5.43. The minimum Gasteiger partial charge on any atom is -0.454 e. The van der Waals surface area contributed by atoms with Crippen LogP contribution in [0.2, 0.25) is 5.02 Å². The van der Waals surface area contributed by atoms with Crippen LogP contribution in [-0.2, 0) is 11.2 Å². The summed E-state index contributed by atoms with van der Waals surface area (Å²) in [7, 11) is 0. The Morgan fingerprint density at radius 3 is 2.80 bits per heavy atom. The van der Waals surface area contributed by atoms with Gasteiger partial charge in [-0.2, -0.15) is 0 Å². The van der Waals surface area contributed by atoms with E-state index >= 15 is 0 Å². The van der Waals surface area contributed by atoms with Crippen molar-refractivity contribution in [3.8, 4) is 11.5 Å². The summed E-state index contributed by atoms with van der Waals surface area (Å²) in [6, 6.07) is 10.6. The van der Waals surface area contributed by atoms with Crippen LogP contribution in [-0.4, -0.2) is 25.2 Å².